The minimum atomic E-state index is -2.54. The van der Waals surface area contributed by atoms with Gasteiger partial charge in [0.05, 0.1) is 9.73 Å². The van der Waals surface area contributed by atoms with E-state index in [0.29, 0.717) is 10.4 Å². The van der Waals surface area contributed by atoms with Gasteiger partial charge in [0.1, 0.15) is 0 Å². The predicted molar refractivity (Wildman–Crippen MR) is 85.0 cm³/mol. The SMILES string of the molecule is CC1C(C(=O)O)=CC=C(C(=S)c2ccccc2)C1=S(=O)=O. The van der Waals surface area contributed by atoms with Crippen LogP contribution in [0.25, 0.3) is 0 Å². The van der Waals surface area contributed by atoms with Crippen molar-refractivity contribution in [2.75, 3.05) is 0 Å². The summed E-state index contributed by atoms with van der Waals surface area (Å²) in [4.78, 5) is 11.5. The third-order valence-corrected chi connectivity index (χ3v) is 4.65. The summed E-state index contributed by atoms with van der Waals surface area (Å²) in [5.74, 6) is -1.87. The lowest BCUT2D eigenvalue weighted by molar-refractivity contribution is -0.133. The molecule has 6 heteroatoms. The van der Waals surface area contributed by atoms with E-state index in [-0.39, 0.29) is 10.4 Å². The van der Waals surface area contributed by atoms with Gasteiger partial charge in [-0.3, -0.25) is 0 Å². The van der Waals surface area contributed by atoms with Crippen molar-refractivity contribution >= 4 is 38.2 Å². The highest BCUT2D eigenvalue weighted by Crippen LogP contribution is 2.25. The number of benzene rings is 1. The van der Waals surface area contributed by atoms with Crippen LogP contribution in [0.4, 0.5) is 0 Å². The maximum Gasteiger partial charge on any atom is 0.332 e. The van der Waals surface area contributed by atoms with Crippen molar-refractivity contribution in [1.82, 2.24) is 0 Å². The monoisotopic (exact) mass is 320 g/mol. The smallest absolute Gasteiger partial charge is 0.332 e. The zero-order chi connectivity index (χ0) is 15.6. The topological polar surface area (TPSA) is 71.4 Å². The third kappa shape index (κ3) is 3.01. The van der Waals surface area contributed by atoms with Gasteiger partial charge in [-0.05, 0) is 5.56 Å². The van der Waals surface area contributed by atoms with E-state index < -0.39 is 22.2 Å². The Kier molecular flexibility index (Phi) is 4.50. The Bertz CT molecular complexity index is 791. The van der Waals surface area contributed by atoms with Gasteiger partial charge in [0.15, 0.2) is 0 Å². The average Bonchev–Trinajstić information content (AvgIpc) is 2.46. The number of rotatable bonds is 3. The second-order valence-electron chi connectivity index (χ2n) is 4.52. The highest BCUT2D eigenvalue weighted by Gasteiger charge is 2.29. The van der Waals surface area contributed by atoms with Crippen molar-refractivity contribution in [1.29, 1.82) is 0 Å². The summed E-state index contributed by atoms with van der Waals surface area (Å²) in [6, 6.07) is 9.02. The first-order valence-electron chi connectivity index (χ1n) is 6.15. The molecule has 0 bridgehead atoms. The van der Waals surface area contributed by atoms with E-state index in [1.807, 2.05) is 6.07 Å². The Labute approximate surface area is 129 Å². The highest BCUT2D eigenvalue weighted by molar-refractivity contribution is 7.82. The summed E-state index contributed by atoms with van der Waals surface area (Å²) in [6.45, 7) is 1.55. The molecule has 1 aliphatic carbocycles. The Morgan fingerprint density at radius 3 is 2.33 bits per heavy atom. The summed E-state index contributed by atoms with van der Waals surface area (Å²) in [5.41, 5.74) is 1.14. The summed E-state index contributed by atoms with van der Waals surface area (Å²) >= 11 is 5.35. The molecule has 21 heavy (non-hydrogen) atoms. The van der Waals surface area contributed by atoms with Crippen LogP contribution in [0.5, 0.6) is 0 Å². The Morgan fingerprint density at radius 1 is 1.19 bits per heavy atom. The van der Waals surface area contributed by atoms with Gasteiger partial charge in [0.2, 0.25) is 10.3 Å². The van der Waals surface area contributed by atoms with E-state index in [9.17, 15) is 13.2 Å². The van der Waals surface area contributed by atoms with Crippen molar-refractivity contribution in [3.63, 3.8) is 0 Å². The standard InChI is InChI=1S/C15H12O4S2/c1-9-11(15(16)17)7-8-12(14(9)21(18)19)13(20)10-5-3-2-4-6-10/h2-9H,1H3,(H,16,17). The van der Waals surface area contributed by atoms with Crippen LogP contribution in [0.15, 0.2) is 53.6 Å². The molecule has 1 aromatic rings. The highest BCUT2D eigenvalue weighted by atomic mass is 32.2. The first-order valence-corrected chi connectivity index (χ1v) is 7.63. The molecule has 0 fully saturated rings. The van der Waals surface area contributed by atoms with Crippen molar-refractivity contribution in [3.05, 3.63) is 59.2 Å². The third-order valence-electron chi connectivity index (χ3n) is 3.26. The molecule has 0 saturated carbocycles. The van der Waals surface area contributed by atoms with Gasteiger partial charge >= 0.3 is 5.97 Å². The number of aliphatic carboxylic acids is 1. The lowest BCUT2D eigenvalue weighted by atomic mass is 9.85. The maximum atomic E-state index is 11.5. The summed E-state index contributed by atoms with van der Waals surface area (Å²) in [6.07, 6.45) is 2.87. The fourth-order valence-electron chi connectivity index (χ4n) is 2.20. The van der Waals surface area contributed by atoms with Gasteiger partial charge in [-0.15, -0.1) is 0 Å². The fourth-order valence-corrected chi connectivity index (χ4v) is 3.34. The van der Waals surface area contributed by atoms with Crippen LogP contribution in [-0.4, -0.2) is 29.2 Å². The van der Waals surface area contributed by atoms with Gasteiger partial charge in [0.25, 0.3) is 0 Å². The van der Waals surface area contributed by atoms with Gasteiger partial charge in [-0.25, -0.2) is 4.79 Å². The number of allylic oxidation sites excluding steroid dienone is 3. The molecule has 0 saturated heterocycles. The predicted octanol–water partition coefficient (Wildman–Crippen LogP) is 2.04. The van der Waals surface area contributed by atoms with Crippen LogP contribution < -0.4 is 0 Å². The number of hydrogen-bond donors (Lipinski definition) is 1. The molecule has 2 rings (SSSR count). The van der Waals surface area contributed by atoms with Crippen LogP contribution in [0, 0.1) is 5.92 Å². The van der Waals surface area contributed by atoms with E-state index in [1.165, 1.54) is 12.2 Å². The van der Waals surface area contributed by atoms with Crippen LogP contribution in [-0.2, 0) is 15.1 Å². The Balaban J connectivity index is 2.59. The second kappa shape index (κ2) is 6.15. The molecule has 1 aromatic carbocycles. The second-order valence-corrected chi connectivity index (χ2v) is 5.84. The molecule has 0 radical (unpaired) electrons. The van der Waals surface area contributed by atoms with Crippen LogP contribution in [0.3, 0.4) is 0 Å². The molecule has 1 N–H and O–H groups in total. The number of hydrogen-bond acceptors (Lipinski definition) is 4. The zero-order valence-electron chi connectivity index (χ0n) is 11.1. The van der Waals surface area contributed by atoms with E-state index >= 15 is 0 Å². The molecule has 0 aromatic heterocycles. The van der Waals surface area contributed by atoms with Crippen LogP contribution >= 0.6 is 12.2 Å². The molecule has 0 amide bonds. The molecule has 1 atom stereocenters. The lowest BCUT2D eigenvalue weighted by Gasteiger charge is -2.20. The molecule has 0 heterocycles. The van der Waals surface area contributed by atoms with Gasteiger partial charge in [0, 0.05) is 17.1 Å². The molecular formula is C15H12O4S2. The minimum absolute atomic E-state index is 0.0174. The number of carboxylic acid groups (broad SMARTS) is 1. The molecule has 108 valence electrons. The van der Waals surface area contributed by atoms with Crippen molar-refractivity contribution in [3.8, 4) is 0 Å². The quantitative estimate of drug-likeness (QED) is 0.682. The van der Waals surface area contributed by atoms with E-state index in [1.54, 1.807) is 31.2 Å². The van der Waals surface area contributed by atoms with Gasteiger partial charge in [-0.2, -0.15) is 8.42 Å². The largest absolute Gasteiger partial charge is 0.478 e. The molecule has 1 unspecified atom stereocenters. The summed E-state index contributed by atoms with van der Waals surface area (Å²) in [7, 11) is -2.54. The molecule has 0 aliphatic heterocycles. The van der Waals surface area contributed by atoms with Gasteiger partial charge < -0.3 is 5.11 Å². The molecular weight excluding hydrogens is 308 g/mol. The first kappa shape index (κ1) is 15.3. The first-order chi connectivity index (χ1) is 9.93. The average molecular weight is 320 g/mol. The zero-order valence-corrected chi connectivity index (χ0v) is 12.7. The van der Waals surface area contributed by atoms with Crippen molar-refractivity contribution in [2.24, 2.45) is 5.92 Å². The van der Waals surface area contributed by atoms with Crippen molar-refractivity contribution < 1.29 is 18.3 Å². The summed E-state index contributed by atoms with van der Waals surface area (Å²) < 4.78 is 23.0. The van der Waals surface area contributed by atoms with Gasteiger partial charge in [-0.1, -0.05) is 61.6 Å². The molecule has 1 aliphatic rings. The maximum absolute atomic E-state index is 11.5. The molecule has 0 spiro atoms. The normalized spacial score (nSPS) is 17.8. The van der Waals surface area contributed by atoms with Crippen LogP contribution in [0.1, 0.15) is 12.5 Å². The fraction of sp³-hybridized carbons (Fsp3) is 0.133. The Hall–Kier alpha value is -2.05. The van der Waals surface area contributed by atoms with E-state index in [2.05, 4.69) is 0 Å². The van der Waals surface area contributed by atoms with Crippen LogP contribution in [0.2, 0.25) is 0 Å². The van der Waals surface area contributed by atoms with E-state index in [0.717, 1.165) is 5.56 Å². The minimum Gasteiger partial charge on any atom is -0.478 e. The number of carboxylic acids is 1. The Morgan fingerprint density at radius 2 is 1.81 bits per heavy atom. The summed E-state index contributed by atoms with van der Waals surface area (Å²) in [5, 5.41) is 9.11. The molecule has 4 nitrogen and oxygen atoms in total. The lowest BCUT2D eigenvalue weighted by Crippen LogP contribution is -2.27. The number of thiocarbonyl (C=S) groups is 1. The van der Waals surface area contributed by atoms with E-state index in [4.69, 9.17) is 17.3 Å². The van der Waals surface area contributed by atoms with Crippen molar-refractivity contribution in [2.45, 2.75) is 6.92 Å². The number of carbonyl (C=O) groups is 1.